The Bertz CT molecular complexity index is 1260. The van der Waals surface area contributed by atoms with Crippen LogP contribution in [0.5, 0.6) is 11.5 Å². The van der Waals surface area contributed by atoms with Crippen molar-refractivity contribution < 1.29 is 18.7 Å². The maximum atomic E-state index is 13.1. The van der Waals surface area contributed by atoms with E-state index < -0.39 is 0 Å². The highest BCUT2D eigenvalue weighted by molar-refractivity contribution is 6.08. The van der Waals surface area contributed by atoms with Crippen molar-refractivity contribution in [1.82, 2.24) is 5.32 Å². The van der Waals surface area contributed by atoms with Gasteiger partial charge in [0.1, 0.15) is 18.8 Å². The number of carbonyl (C=O) groups is 1. The molecule has 4 aromatic rings. The van der Waals surface area contributed by atoms with Gasteiger partial charge in [0.25, 0.3) is 0 Å². The van der Waals surface area contributed by atoms with Crippen molar-refractivity contribution in [3.8, 4) is 11.5 Å². The van der Waals surface area contributed by atoms with Crippen molar-refractivity contribution in [2.45, 2.75) is 26.3 Å². The molecule has 1 aromatic heterocycles. The highest BCUT2D eigenvalue weighted by Crippen LogP contribution is 2.35. The molecule has 1 amide bonds. The third-order valence-corrected chi connectivity index (χ3v) is 5.80. The fraction of sp³-hybridized carbons (Fsp3) is 0.269. The number of rotatable bonds is 5. The van der Waals surface area contributed by atoms with Crippen LogP contribution in [0.15, 0.2) is 65.3 Å². The molecule has 3 aromatic carbocycles. The third kappa shape index (κ3) is 3.72. The highest BCUT2D eigenvalue weighted by atomic mass is 16.6. The quantitative estimate of drug-likeness (QED) is 0.473. The summed E-state index contributed by atoms with van der Waals surface area (Å²) in [6, 6.07) is 17.9. The predicted octanol–water partition coefficient (Wildman–Crippen LogP) is 5.41. The summed E-state index contributed by atoms with van der Waals surface area (Å²) in [7, 11) is 0. The lowest BCUT2D eigenvalue weighted by atomic mass is 9.95. The first-order chi connectivity index (χ1) is 15.1. The van der Waals surface area contributed by atoms with Gasteiger partial charge in [0.05, 0.1) is 18.7 Å². The molecule has 31 heavy (non-hydrogen) atoms. The molecule has 1 N–H and O–H groups in total. The van der Waals surface area contributed by atoms with Crippen LogP contribution in [0.4, 0.5) is 0 Å². The molecule has 1 unspecified atom stereocenters. The Morgan fingerprint density at radius 2 is 1.81 bits per heavy atom. The summed E-state index contributed by atoms with van der Waals surface area (Å²) in [6.45, 7) is 5.30. The number of hydrogen-bond acceptors (Lipinski definition) is 4. The molecule has 1 aliphatic rings. The first kappa shape index (κ1) is 19.5. The van der Waals surface area contributed by atoms with Gasteiger partial charge in [-0.15, -0.1) is 0 Å². The summed E-state index contributed by atoms with van der Waals surface area (Å²) >= 11 is 0. The summed E-state index contributed by atoms with van der Waals surface area (Å²) < 4.78 is 17.1. The van der Waals surface area contributed by atoms with E-state index in [4.69, 9.17) is 13.9 Å². The van der Waals surface area contributed by atoms with Crippen LogP contribution in [0.25, 0.3) is 21.7 Å². The second-order valence-electron chi connectivity index (χ2n) is 8.29. The van der Waals surface area contributed by atoms with Crippen molar-refractivity contribution >= 4 is 27.6 Å². The molecule has 158 valence electrons. The Morgan fingerprint density at radius 1 is 1.00 bits per heavy atom. The van der Waals surface area contributed by atoms with Crippen LogP contribution in [0.1, 0.15) is 31.0 Å². The van der Waals surface area contributed by atoms with E-state index in [2.05, 4.69) is 31.3 Å². The highest BCUT2D eigenvalue weighted by Gasteiger charge is 2.22. The number of furan rings is 1. The standard InChI is InChI=1S/C26H25NO4/c1-16(2)26(18-8-9-21-23(13-18)30-12-11-29-21)27-24(28)14-19-15-31-22-10-7-17-5-3-4-6-20(17)25(19)22/h3-10,13,15-16,26H,11-12,14H2,1-2H3,(H,27,28). The van der Waals surface area contributed by atoms with E-state index in [1.807, 2.05) is 42.5 Å². The van der Waals surface area contributed by atoms with Crippen molar-refractivity contribution in [2.24, 2.45) is 5.92 Å². The van der Waals surface area contributed by atoms with Crippen LogP contribution >= 0.6 is 0 Å². The van der Waals surface area contributed by atoms with Crippen LogP contribution in [-0.2, 0) is 11.2 Å². The van der Waals surface area contributed by atoms with Crippen LogP contribution in [0, 0.1) is 5.92 Å². The molecule has 5 heteroatoms. The number of fused-ring (bicyclic) bond motifs is 4. The van der Waals surface area contributed by atoms with Gasteiger partial charge in [0, 0.05) is 10.9 Å². The van der Waals surface area contributed by atoms with Crippen LogP contribution < -0.4 is 14.8 Å². The Labute approximate surface area is 180 Å². The van der Waals surface area contributed by atoms with Gasteiger partial charge in [-0.2, -0.15) is 0 Å². The lowest BCUT2D eigenvalue weighted by molar-refractivity contribution is -0.121. The summed E-state index contributed by atoms with van der Waals surface area (Å²) in [5, 5.41) is 6.46. The molecular formula is C26H25NO4. The molecule has 1 aliphatic heterocycles. The number of amides is 1. The van der Waals surface area contributed by atoms with E-state index in [0.717, 1.165) is 44.4 Å². The van der Waals surface area contributed by atoms with E-state index in [-0.39, 0.29) is 24.3 Å². The zero-order valence-electron chi connectivity index (χ0n) is 17.7. The smallest absolute Gasteiger partial charge is 0.225 e. The molecule has 5 nitrogen and oxygen atoms in total. The Kier molecular flexibility index (Phi) is 5.02. The Morgan fingerprint density at radius 3 is 2.65 bits per heavy atom. The number of benzene rings is 3. The minimum Gasteiger partial charge on any atom is -0.486 e. The molecule has 0 radical (unpaired) electrons. The van der Waals surface area contributed by atoms with E-state index in [1.165, 1.54) is 0 Å². The largest absolute Gasteiger partial charge is 0.486 e. The molecule has 0 spiro atoms. The van der Waals surface area contributed by atoms with E-state index in [0.29, 0.717) is 13.2 Å². The van der Waals surface area contributed by atoms with Gasteiger partial charge < -0.3 is 19.2 Å². The van der Waals surface area contributed by atoms with Gasteiger partial charge >= 0.3 is 0 Å². The molecule has 0 saturated carbocycles. The topological polar surface area (TPSA) is 60.7 Å². The van der Waals surface area contributed by atoms with Crippen LogP contribution in [-0.4, -0.2) is 19.1 Å². The normalized spacial score (nSPS) is 14.2. The summed E-state index contributed by atoms with van der Waals surface area (Å²) in [5.41, 5.74) is 2.71. The second kappa shape index (κ2) is 7.99. The molecule has 1 atom stereocenters. The SMILES string of the molecule is CC(C)C(NC(=O)Cc1coc2ccc3ccccc3c12)c1ccc2c(c1)OCCO2. The van der Waals surface area contributed by atoms with Gasteiger partial charge in [-0.05, 0) is 40.5 Å². The fourth-order valence-corrected chi connectivity index (χ4v) is 4.29. The van der Waals surface area contributed by atoms with E-state index in [9.17, 15) is 4.79 Å². The van der Waals surface area contributed by atoms with Gasteiger partial charge in [0.2, 0.25) is 5.91 Å². The van der Waals surface area contributed by atoms with Gasteiger partial charge in [0.15, 0.2) is 11.5 Å². The van der Waals surface area contributed by atoms with Gasteiger partial charge in [-0.1, -0.05) is 50.2 Å². The molecule has 5 rings (SSSR count). The third-order valence-electron chi connectivity index (χ3n) is 5.80. The maximum absolute atomic E-state index is 13.1. The lowest BCUT2D eigenvalue weighted by Crippen LogP contribution is -2.33. The van der Waals surface area contributed by atoms with Crippen LogP contribution in [0.2, 0.25) is 0 Å². The monoisotopic (exact) mass is 415 g/mol. The lowest BCUT2D eigenvalue weighted by Gasteiger charge is -2.25. The number of ether oxygens (including phenoxy) is 2. The van der Waals surface area contributed by atoms with E-state index >= 15 is 0 Å². The average Bonchev–Trinajstić information content (AvgIpc) is 3.20. The van der Waals surface area contributed by atoms with Crippen molar-refractivity contribution in [3.05, 3.63) is 72.0 Å². The van der Waals surface area contributed by atoms with Gasteiger partial charge in [-0.25, -0.2) is 0 Å². The second-order valence-corrected chi connectivity index (χ2v) is 8.29. The van der Waals surface area contributed by atoms with Crippen molar-refractivity contribution in [3.63, 3.8) is 0 Å². The average molecular weight is 415 g/mol. The van der Waals surface area contributed by atoms with Gasteiger partial charge in [-0.3, -0.25) is 4.79 Å². The number of nitrogens with one attached hydrogen (secondary N) is 1. The summed E-state index contributed by atoms with van der Waals surface area (Å²) in [5.74, 6) is 1.66. The number of hydrogen-bond donors (Lipinski definition) is 1. The molecular weight excluding hydrogens is 390 g/mol. The van der Waals surface area contributed by atoms with Crippen molar-refractivity contribution in [1.29, 1.82) is 0 Å². The minimum atomic E-state index is -0.127. The first-order valence-corrected chi connectivity index (χ1v) is 10.7. The molecule has 0 aliphatic carbocycles. The van der Waals surface area contributed by atoms with Crippen LogP contribution in [0.3, 0.4) is 0 Å². The fourth-order valence-electron chi connectivity index (χ4n) is 4.29. The number of carbonyl (C=O) groups excluding carboxylic acids is 1. The Balaban J connectivity index is 1.41. The van der Waals surface area contributed by atoms with Crippen molar-refractivity contribution in [2.75, 3.05) is 13.2 Å². The molecule has 2 heterocycles. The zero-order valence-corrected chi connectivity index (χ0v) is 17.7. The predicted molar refractivity (Wildman–Crippen MR) is 121 cm³/mol. The first-order valence-electron chi connectivity index (χ1n) is 10.7. The molecule has 0 saturated heterocycles. The minimum absolute atomic E-state index is 0.0378. The van der Waals surface area contributed by atoms with E-state index in [1.54, 1.807) is 6.26 Å². The Hall–Kier alpha value is -3.47. The molecule has 0 fully saturated rings. The molecule has 0 bridgehead atoms. The summed E-state index contributed by atoms with van der Waals surface area (Å²) in [4.78, 5) is 13.1. The maximum Gasteiger partial charge on any atom is 0.225 e. The summed E-state index contributed by atoms with van der Waals surface area (Å²) in [6.07, 6.45) is 1.96. The zero-order chi connectivity index (χ0) is 21.4.